The van der Waals surface area contributed by atoms with Crippen LogP contribution >= 0.6 is 0 Å². The van der Waals surface area contributed by atoms with Crippen molar-refractivity contribution in [2.24, 2.45) is 0 Å². The van der Waals surface area contributed by atoms with Gasteiger partial charge >= 0.3 is 10.4 Å². The predicted molar refractivity (Wildman–Crippen MR) is 113 cm³/mol. The molecule has 0 radical (unpaired) electrons. The Morgan fingerprint density at radius 1 is 0.852 bits per heavy atom. The Labute approximate surface area is 167 Å². The first-order chi connectivity index (χ1) is 12.9. The van der Waals surface area contributed by atoms with Gasteiger partial charge in [-0.25, -0.2) is 0 Å². The highest BCUT2D eigenvalue weighted by Crippen LogP contribution is 2.11. The van der Waals surface area contributed by atoms with Gasteiger partial charge in [0.1, 0.15) is 6.26 Å². The van der Waals surface area contributed by atoms with Crippen LogP contribution in [0.15, 0.2) is 12.3 Å². The zero-order valence-electron chi connectivity index (χ0n) is 17.7. The quantitative estimate of drug-likeness (QED) is 0.201. The van der Waals surface area contributed by atoms with E-state index in [1.807, 2.05) is 0 Å². The molecule has 0 fully saturated rings. The van der Waals surface area contributed by atoms with Crippen molar-refractivity contribution in [3.05, 3.63) is 12.3 Å². The number of rotatable bonds is 17. The Hall–Kier alpha value is -0.630. The Balaban J connectivity index is 0. The summed E-state index contributed by atoms with van der Waals surface area (Å²) in [6, 6.07) is 0. The van der Waals surface area contributed by atoms with Crippen molar-refractivity contribution < 1.29 is 22.3 Å². The fourth-order valence-corrected chi connectivity index (χ4v) is 2.83. The second-order valence-electron chi connectivity index (χ2n) is 6.62. The van der Waals surface area contributed by atoms with E-state index in [2.05, 4.69) is 29.9 Å². The predicted octanol–water partition coefficient (Wildman–Crippen LogP) is 4.95. The summed E-state index contributed by atoms with van der Waals surface area (Å²) in [6.45, 7) is 9.59. The highest BCUT2D eigenvalue weighted by atomic mass is 32.3. The van der Waals surface area contributed by atoms with Crippen LogP contribution in [0, 0.1) is 0 Å². The maximum atomic E-state index is 10.2. The summed E-state index contributed by atoms with van der Waals surface area (Å²) in [5.74, 6) is 0. The fraction of sp³-hybridized carbons (Fsp3) is 0.900. The van der Waals surface area contributed by atoms with Crippen LogP contribution in [0.2, 0.25) is 0 Å². The van der Waals surface area contributed by atoms with E-state index < -0.39 is 10.4 Å². The van der Waals surface area contributed by atoms with E-state index in [0.29, 0.717) is 0 Å². The van der Waals surface area contributed by atoms with Gasteiger partial charge in [-0.3, -0.25) is 4.55 Å². The van der Waals surface area contributed by atoms with E-state index in [0.717, 1.165) is 45.2 Å². The van der Waals surface area contributed by atoms with Crippen LogP contribution in [0.1, 0.15) is 91.4 Å². The third kappa shape index (κ3) is 27.7. The summed E-state index contributed by atoms with van der Waals surface area (Å²) >= 11 is 0. The third-order valence-electron chi connectivity index (χ3n) is 4.31. The molecule has 0 aliphatic carbocycles. The first kappa shape index (κ1) is 28.6. The smallest absolute Gasteiger partial charge is 0.395 e. The van der Waals surface area contributed by atoms with Crippen LogP contribution in [0.25, 0.3) is 0 Å². The van der Waals surface area contributed by atoms with Gasteiger partial charge in [-0.1, -0.05) is 78.6 Å². The number of likely N-dealkylation sites (N-methyl/N-ethyl adjacent to an activating group) is 1. The van der Waals surface area contributed by atoms with E-state index in [4.69, 9.17) is 9.66 Å². The molecular formula is C20H43NO5S. The van der Waals surface area contributed by atoms with Crippen LogP contribution in [-0.2, 0) is 14.6 Å². The van der Waals surface area contributed by atoms with Gasteiger partial charge < -0.3 is 14.2 Å². The minimum Gasteiger partial charge on any atom is -0.395 e. The van der Waals surface area contributed by atoms with Gasteiger partial charge in [0.05, 0.1) is 6.61 Å². The van der Waals surface area contributed by atoms with E-state index in [-0.39, 0.29) is 6.61 Å². The summed E-state index contributed by atoms with van der Waals surface area (Å²) < 4.78 is 32.8. The molecule has 0 aliphatic rings. The fourth-order valence-electron chi connectivity index (χ4n) is 2.61. The van der Waals surface area contributed by atoms with Crippen LogP contribution in [0.5, 0.6) is 0 Å². The molecule has 0 aromatic carbocycles. The van der Waals surface area contributed by atoms with Gasteiger partial charge in [-0.15, -0.1) is 0 Å². The van der Waals surface area contributed by atoms with E-state index in [1.54, 1.807) is 6.08 Å². The first-order valence-electron chi connectivity index (χ1n) is 10.5. The van der Waals surface area contributed by atoms with Crippen molar-refractivity contribution in [1.82, 2.24) is 4.90 Å². The van der Waals surface area contributed by atoms with Crippen molar-refractivity contribution in [3.63, 3.8) is 0 Å². The minimum atomic E-state index is -4.33. The Bertz CT molecular complexity index is 409. The lowest BCUT2D eigenvalue weighted by molar-refractivity contribution is 0.208. The summed E-state index contributed by atoms with van der Waals surface area (Å²) in [5.41, 5.74) is 0. The number of unbranched alkanes of at least 4 members (excludes halogenated alkanes) is 10. The Morgan fingerprint density at radius 3 is 1.70 bits per heavy atom. The van der Waals surface area contributed by atoms with Gasteiger partial charge in [-0.05, 0) is 32.0 Å². The molecule has 0 saturated carbocycles. The number of aliphatic hydroxyl groups excluding tert-OH is 1. The molecule has 0 bridgehead atoms. The molecule has 0 amide bonds. The molecule has 0 rings (SSSR count). The van der Waals surface area contributed by atoms with Gasteiger partial charge in [0.15, 0.2) is 0 Å². The molecule has 6 nitrogen and oxygen atoms in total. The number of aliphatic hydroxyl groups is 1. The van der Waals surface area contributed by atoms with E-state index >= 15 is 0 Å². The molecule has 0 spiro atoms. The molecule has 0 aliphatic heterocycles. The number of hydrogen-bond donors (Lipinski definition) is 2. The topological polar surface area (TPSA) is 87.1 Å². The minimum absolute atomic E-state index is 0.279. The zero-order chi connectivity index (χ0) is 20.8. The standard InChI is InChI=1S/C14H28O4S.C6H15NO/c1-2-3-4-5-6-7-8-9-10-11-12-13-14-18-19(15,16)17;1-3-7(4-2)5-6-8/h13-14H,2-12H2,1H3,(H,15,16,17);8H,3-6H2,1-2H3/b14-13+;. The monoisotopic (exact) mass is 409 g/mol. The highest BCUT2D eigenvalue weighted by molar-refractivity contribution is 7.81. The van der Waals surface area contributed by atoms with Gasteiger partial charge in [0, 0.05) is 6.54 Å². The summed E-state index contributed by atoms with van der Waals surface area (Å²) in [5, 5.41) is 8.46. The van der Waals surface area contributed by atoms with E-state index in [9.17, 15) is 8.42 Å². The molecule has 0 atom stereocenters. The van der Waals surface area contributed by atoms with Crippen molar-refractivity contribution in [2.75, 3.05) is 26.2 Å². The largest absolute Gasteiger partial charge is 0.445 e. The van der Waals surface area contributed by atoms with Crippen molar-refractivity contribution in [3.8, 4) is 0 Å². The zero-order valence-corrected chi connectivity index (χ0v) is 18.6. The third-order valence-corrected chi connectivity index (χ3v) is 4.66. The van der Waals surface area contributed by atoms with Crippen molar-refractivity contribution >= 4 is 10.4 Å². The maximum absolute atomic E-state index is 10.2. The second kappa shape index (κ2) is 21.7. The molecule has 164 valence electrons. The second-order valence-corrected chi connectivity index (χ2v) is 7.66. The molecule has 0 aromatic rings. The summed E-state index contributed by atoms with van der Waals surface area (Å²) in [7, 11) is -4.33. The molecule has 0 heterocycles. The van der Waals surface area contributed by atoms with Crippen LogP contribution < -0.4 is 0 Å². The molecule has 0 saturated heterocycles. The summed E-state index contributed by atoms with van der Waals surface area (Å²) in [4.78, 5) is 2.18. The molecular weight excluding hydrogens is 366 g/mol. The lowest BCUT2D eigenvalue weighted by Crippen LogP contribution is -2.25. The number of nitrogens with zero attached hydrogens (tertiary/aromatic N) is 1. The average Bonchev–Trinajstić information content (AvgIpc) is 2.63. The number of allylic oxidation sites excluding steroid dienone is 1. The molecule has 0 aromatic heterocycles. The number of hydrogen-bond acceptors (Lipinski definition) is 5. The normalized spacial score (nSPS) is 11.6. The molecule has 0 unspecified atom stereocenters. The Kier molecular flexibility index (Phi) is 22.9. The first-order valence-corrected chi connectivity index (χ1v) is 11.9. The summed E-state index contributed by atoms with van der Waals surface area (Å²) in [6.07, 6.45) is 16.2. The molecule has 27 heavy (non-hydrogen) atoms. The average molecular weight is 410 g/mol. The highest BCUT2D eigenvalue weighted by Gasteiger charge is 1.98. The maximum Gasteiger partial charge on any atom is 0.445 e. The lowest BCUT2D eigenvalue weighted by atomic mass is 10.1. The lowest BCUT2D eigenvalue weighted by Gasteiger charge is -2.15. The van der Waals surface area contributed by atoms with Crippen LogP contribution in [-0.4, -0.2) is 49.2 Å². The van der Waals surface area contributed by atoms with Crippen molar-refractivity contribution in [2.45, 2.75) is 91.4 Å². The van der Waals surface area contributed by atoms with Crippen LogP contribution in [0.4, 0.5) is 0 Å². The van der Waals surface area contributed by atoms with Crippen molar-refractivity contribution in [1.29, 1.82) is 0 Å². The molecule has 7 heteroatoms. The SMILES string of the molecule is CCCCCCCCCCCC/C=C/OS(=O)(=O)O.CCN(CC)CCO. The Morgan fingerprint density at radius 2 is 1.33 bits per heavy atom. The van der Waals surface area contributed by atoms with E-state index in [1.165, 1.54) is 51.4 Å². The van der Waals surface area contributed by atoms with Gasteiger partial charge in [-0.2, -0.15) is 8.42 Å². The van der Waals surface area contributed by atoms with Gasteiger partial charge in [0.2, 0.25) is 0 Å². The molecule has 2 N–H and O–H groups in total. The van der Waals surface area contributed by atoms with Gasteiger partial charge in [0.25, 0.3) is 0 Å². The van der Waals surface area contributed by atoms with Crippen LogP contribution in [0.3, 0.4) is 0 Å².